The van der Waals surface area contributed by atoms with E-state index < -0.39 is 5.97 Å². The first-order valence-electron chi connectivity index (χ1n) is 8.19. The molecule has 0 bridgehead atoms. The van der Waals surface area contributed by atoms with Gasteiger partial charge in [0, 0.05) is 23.5 Å². The van der Waals surface area contributed by atoms with E-state index in [1.807, 2.05) is 18.2 Å². The van der Waals surface area contributed by atoms with Crippen LogP contribution < -0.4 is 20.1 Å². The Balaban J connectivity index is 1.53. The van der Waals surface area contributed by atoms with Crippen LogP contribution in [-0.2, 0) is 0 Å². The van der Waals surface area contributed by atoms with E-state index in [9.17, 15) is 4.79 Å². The number of anilines is 4. The molecule has 0 unspecified atom stereocenters. The van der Waals surface area contributed by atoms with E-state index in [-0.39, 0.29) is 12.4 Å². The molecule has 2 aromatic carbocycles. The number of hydrogen-bond acceptors (Lipinski definition) is 7. The number of aromatic nitrogens is 2. The average Bonchev–Trinajstić information content (AvgIpc) is 3.09. The van der Waals surface area contributed by atoms with Crippen LogP contribution >= 0.6 is 0 Å². The lowest BCUT2D eigenvalue weighted by Crippen LogP contribution is -2.02. The van der Waals surface area contributed by atoms with Gasteiger partial charge in [0.15, 0.2) is 11.5 Å². The summed E-state index contributed by atoms with van der Waals surface area (Å²) in [5.41, 5.74) is 1.77. The maximum Gasteiger partial charge on any atom is 0.335 e. The molecule has 2 heterocycles. The van der Waals surface area contributed by atoms with Gasteiger partial charge in [-0.25, -0.2) is 14.8 Å². The normalized spacial score (nSPS) is 11.9. The first-order valence-corrected chi connectivity index (χ1v) is 8.19. The largest absolute Gasteiger partial charge is 0.478 e. The van der Waals surface area contributed by atoms with Crippen LogP contribution in [0.4, 0.5) is 23.0 Å². The third-order valence-corrected chi connectivity index (χ3v) is 3.89. The van der Waals surface area contributed by atoms with Gasteiger partial charge < -0.3 is 25.2 Å². The van der Waals surface area contributed by atoms with Gasteiger partial charge in [0.2, 0.25) is 6.79 Å². The Morgan fingerprint density at radius 3 is 2.26 bits per heavy atom. The quantitative estimate of drug-likeness (QED) is 0.629. The molecule has 0 atom stereocenters. The van der Waals surface area contributed by atoms with Crippen LogP contribution in [0.1, 0.15) is 16.2 Å². The summed E-state index contributed by atoms with van der Waals surface area (Å²) in [5, 5.41) is 15.3. The second-order valence-corrected chi connectivity index (χ2v) is 5.89. The molecule has 8 nitrogen and oxygen atoms in total. The number of fused-ring (bicyclic) bond motifs is 1. The maximum absolute atomic E-state index is 10.9. The van der Waals surface area contributed by atoms with Gasteiger partial charge in [-0.3, -0.25) is 0 Å². The number of carboxylic acids is 1. The van der Waals surface area contributed by atoms with E-state index in [1.54, 1.807) is 25.1 Å². The molecular weight excluding hydrogens is 348 g/mol. The van der Waals surface area contributed by atoms with Crippen LogP contribution in [-0.4, -0.2) is 27.8 Å². The fraction of sp³-hybridized carbons (Fsp3) is 0.105. The number of carbonyl (C=O) groups is 1. The van der Waals surface area contributed by atoms with Crippen molar-refractivity contribution < 1.29 is 19.4 Å². The molecule has 8 heteroatoms. The molecule has 136 valence electrons. The lowest BCUT2D eigenvalue weighted by Gasteiger charge is -2.11. The van der Waals surface area contributed by atoms with Crippen molar-refractivity contribution in [3.8, 4) is 11.5 Å². The van der Waals surface area contributed by atoms with Gasteiger partial charge in [-0.1, -0.05) is 0 Å². The zero-order valence-corrected chi connectivity index (χ0v) is 14.4. The third kappa shape index (κ3) is 3.74. The summed E-state index contributed by atoms with van der Waals surface area (Å²) in [6, 6.07) is 13.8. The van der Waals surface area contributed by atoms with Crippen LogP contribution in [0.15, 0.2) is 48.5 Å². The molecule has 0 amide bonds. The molecule has 1 aliphatic rings. The van der Waals surface area contributed by atoms with Crippen molar-refractivity contribution in [3.63, 3.8) is 0 Å². The molecule has 3 aromatic rings. The summed E-state index contributed by atoms with van der Waals surface area (Å²) < 4.78 is 10.7. The average molecular weight is 364 g/mol. The standard InChI is InChI=1S/C19H16N4O4/c1-11-20-17(22-13-4-2-12(3-5-13)19(24)25)9-18(21-11)23-14-6-7-15-16(8-14)27-10-26-15/h2-9H,10H2,1H3,(H,24,25)(H2,20,21,22,23). The molecule has 1 aromatic heterocycles. The number of nitrogens with one attached hydrogen (secondary N) is 2. The molecule has 0 saturated carbocycles. The van der Waals surface area contributed by atoms with E-state index in [1.165, 1.54) is 12.1 Å². The molecule has 0 saturated heterocycles. The zero-order valence-electron chi connectivity index (χ0n) is 14.4. The Hall–Kier alpha value is -3.81. The first-order chi connectivity index (χ1) is 13.1. The van der Waals surface area contributed by atoms with Crippen molar-refractivity contribution in [1.29, 1.82) is 0 Å². The number of nitrogens with zero attached hydrogens (tertiary/aromatic N) is 2. The van der Waals surface area contributed by atoms with E-state index in [2.05, 4.69) is 20.6 Å². The number of benzene rings is 2. The summed E-state index contributed by atoms with van der Waals surface area (Å²) in [4.78, 5) is 19.7. The summed E-state index contributed by atoms with van der Waals surface area (Å²) in [6.45, 7) is 2.02. The fourth-order valence-corrected chi connectivity index (χ4v) is 2.66. The minimum Gasteiger partial charge on any atom is -0.478 e. The minimum atomic E-state index is -0.963. The van der Waals surface area contributed by atoms with Crippen molar-refractivity contribution >= 4 is 29.0 Å². The number of ether oxygens (including phenoxy) is 2. The van der Waals surface area contributed by atoms with E-state index in [4.69, 9.17) is 14.6 Å². The first kappa shape index (κ1) is 16.6. The minimum absolute atomic E-state index is 0.222. The monoisotopic (exact) mass is 364 g/mol. The second kappa shape index (κ2) is 6.83. The summed E-state index contributed by atoms with van der Waals surface area (Å²) in [5.74, 6) is 2.23. The Kier molecular flexibility index (Phi) is 4.21. The van der Waals surface area contributed by atoms with Gasteiger partial charge in [-0.05, 0) is 43.3 Å². The van der Waals surface area contributed by atoms with Gasteiger partial charge in [-0.15, -0.1) is 0 Å². The Bertz CT molecular complexity index is 1010. The second-order valence-electron chi connectivity index (χ2n) is 5.89. The van der Waals surface area contributed by atoms with Gasteiger partial charge in [0.1, 0.15) is 17.5 Å². The molecule has 1 aliphatic heterocycles. The number of aromatic carboxylic acids is 1. The van der Waals surface area contributed by atoms with Gasteiger partial charge in [0.25, 0.3) is 0 Å². The fourth-order valence-electron chi connectivity index (χ4n) is 2.66. The predicted octanol–water partition coefficient (Wildman–Crippen LogP) is 3.70. The molecule has 4 rings (SSSR count). The number of aryl methyl sites for hydroxylation is 1. The van der Waals surface area contributed by atoms with Crippen LogP contribution in [0.3, 0.4) is 0 Å². The van der Waals surface area contributed by atoms with Gasteiger partial charge in [-0.2, -0.15) is 0 Å². The van der Waals surface area contributed by atoms with Crippen molar-refractivity contribution in [2.75, 3.05) is 17.4 Å². The Labute approximate surface area is 154 Å². The molecule has 0 radical (unpaired) electrons. The summed E-state index contributed by atoms with van der Waals surface area (Å²) in [7, 11) is 0. The highest BCUT2D eigenvalue weighted by Gasteiger charge is 2.13. The van der Waals surface area contributed by atoms with E-state index in [0.717, 1.165) is 11.4 Å². The highest BCUT2D eigenvalue weighted by atomic mass is 16.7. The Morgan fingerprint density at radius 1 is 0.926 bits per heavy atom. The zero-order chi connectivity index (χ0) is 18.8. The van der Waals surface area contributed by atoms with Gasteiger partial charge in [0.05, 0.1) is 5.56 Å². The lowest BCUT2D eigenvalue weighted by atomic mass is 10.2. The smallest absolute Gasteiger partial charge is 0.335 e. The van der Waals surface area contributed by atoms with Crippen LogP contribution in [0.25, 0.3) is 0 Å². The van der Waals surface area contributed by atoms with Gasteiger partial charge >= 0.3 is 5.97 Å². The summed E-state index contributed by atoms with van der Waals surface area (Å²) >= 11 is 0. The SMILES string of the molecule is Cc1nc(Nc2ccc(C(=O)O)cc2)cc(Nc2ccc3c(c2)OCO3)n1. The predicted molar refractivity (Wildman–Crippen MR) is 99.3 cm³/mol. The van der Waals surface area contributed by atoms with Crippen molar-refractivity contribution in [3.05, 3.63) is 59.9 Å². The highest BCUT2D eigenvalue weighted by Crippen LogP contribution is 2.35. The molecule has 0 aliphatic carbocycles. The van der Waals surface area contributed by atoms with Crippen molar-refractivity contribution in [2.45, 2.75) is 6.92 Å². The third-order valence-electron chi connectivity index (χ3n) is 3.89. The van der Waals surface area contributed by atoms with E-state index >= 15 is 0 Å². The number of rotatable bonds is 5. The molecule has 0 spiro atoms. The molecule has 3 N–H and O–H groups in total. The highest BCUT2D eigenvalue weighted by molar-refractivity contribution is 5.88. The number of carboxylic acid groups (broad SMARTS) is 1. The molecule has 0 fully saturated rings. The topological polar surface area (TPSA) is 106 Å². The van der Waals surface area contributed by atoms with Crippen LogP contribution in [0, 0.1) is 6.92 Å². The summed E-state index contributed by atoms with van der Waals surface area (Å²) in [6.07, 6.45) is 0. The van der Waals surface area contributed by atoms with Crippen LogP contribution in [0.5, 0.6) is 11.5 Å². The number of hydrogen-bond donors (Lipinski definition) is 3. The van der Waals surface area contributed by atoms with Crippen molar-refractivity contribution in [2.24, 2.45) is 0 Å². The Morgan fingerprint density at radius 2 is 1.56 bits per heavy atom. The van der Waals surface area contributed by atoms with Crippen LogP contribution in [0.2, 0.25) is 0 Å². The lowest BCUT2D eigenvalue weighted by molar-refractivity contribution is 0.0697. The van der Waals surface area contributed by atoms with E-state index in [0.29, 0.717) is 29.0 Å². The molecular formula is C19H16N4O4. The maximum atomic E-state index is 10.9. The molecule has 27 heavy (non-hydrogen) atoms. The van der Waals surface area contributed by atoms with Crippen molar-refractivity contribution in [1.82, 2.24) is 9.97 Å².